The van der Waals surface area contributed by atoms with Crippen LogP contribution in [0.5, 0.6) is 5.75 Å². The van der Waals surface area contributed by atoms with Gasteiger partial charge in [-0.05, 0) is 41.3 Å². The summed E-state index contributed by atoms with van der Waals surface area (Å²) in [5, 5.41) is 15.4. The molecule has 1 heterocycles. The summed E-state index contributed by atoms with van der Waals surface area (Å²) in [6.07, 6.45) is 0.668. The molecule has 0 fully saturated rings. The number of carbonyl (C=O) groups is 2. The van der Waals surface area contributed by atoms with E-state index < -0.39 is 17.9 Å². The van der Waals surface area contributed by atoms with Gasteiger partial charge in [0.1, 0.15) is 5.75 Å². The van der Waals surface area contributed by atoms with Crippen LogP contribution in [0.3, 0.4) is 0 Å². The number of rotatable bonds is 5. The van der Waals surface area contributed by atoms with Crippen molar-refractivity contribution in [2.45, 2.75) is 25.9 Å². The molecule has 0 aliphatic carbocycles. The average molecular weight is 354 g/mol. The first-order chi connectivity index (χ1) is 12.6. The van der Waals surface area contributed by atoms with Crippen molar-refractivity contribution >= 4 is 17.5 Å². The van der Waals surface area contributed by atoms with Crippen LogP contribution in [0.15, 0.2) is 42.5 Å². The highest BCUT2D eigenvalue weighted by molar-refractivity contribution is 6.39. The molecule has 136 valence electrons. The lowest BCUT2D eigenvalue weighted by Crippen LogP contribution is -2.37. The minimum absolute atomic E-state index is 0.0404. The van der Waals surface area contributed by atoms with Crippen molar-refractivity contribution in [3.8, 4) is 5.75 Å². The summed E-state index contributed by atoms with van der Waals surface area (Å²) in [6.45, 7) is 2.58. The maximum absolute atomic E-state index is 12.1. The third-order valence-electron chi connectivity index (χ3n) is 4.41. The van der Waals surface area contributed by atoms with Crippen LogP contribution in [0.1, 0.15) is 29.7 Å². The number of amides is 2. The van der Waals surface area contributed by atoms with Gasteiger partial charge in [-0.2, -0.15) is 0 Å². The van der Waals surface area contributed by atoms with E-state index in [9.17, 15) is 14.7 Å². The van der Waals surface area contributed by atoms with Gasteiger partial charge in [0.25, 0.3) is 0 Å². The number of anilines is 1. The third-order valence-corrected chi connectivity index (χ3v) is 4.41. The Morgan fingerprint density at radius 1 is 1.19 bits per heavy atom. The van der Waals surface area contributed by atoms with E-state index in [-0.39, 0.29) is 6.54 Å². The molecule has 6 heteroatoms. The van der Waals surface area contributed by atoms with Gasteiger partial charge >= 0.3 is 11.8 Å². The lowest BCUT2D eigenvalue weighted by atomic mass is 10.0. The van der Waals surface area contributed by atoms with Gasteiger partial charge in [0, 0.05) is 18.7 Å². The second-order valence-electron chi connectivity index (χ2n) is 6.16. The van der Waals surface area contributed by atoms with Gasteiger partial charge in [0.2, 0.25) is 0 Å². The molecule has 0 saturated carbocycles. The predicted molar refractivity (Wildman–Crippen MR) is 98.1 cm³/mol. The van der Waals surface area contributed by atoms with E-state index in [2.05, 4.69) is 10.6 Å². The number of fused-ring (bicyclic) bond motifs is 1. The molecule has 1 atom stereocenters. The Morgan fingerprint density at radius 3 is 2.81 bits per heavy atom. The van der Waals surface area contributed by atoms with Crippen LogP contribution in [0.25, 0.3) is 0 Å². The van der Waals surface area contributed by atoms with E-state index in [1.54, 1.807) is 18.2 Å². The van der Waals surface area contributed by atoms with E-state index in [0.717, 1.165) is 29.7 Å². The summed E-state index contributed by atoms with van der Waals surface area (Å²) in [6, 6.07) is 12.8. The Bertz CT molecular complexity index is 819. The zero-order valence-corrected chi connectivity index (χ0v) is 14.6. The molecule has 2 aromatic carbocycles. The normalized spacial score (nSPS) is 13.5. The zero-order valence-electron chi connectivity index (χ0n) is 14.6. The van der Waals surface area contributed by atoms with E-state index >= 15 is 0 Å². The fraction of sp³-hybridized carbons (Fsp3) is 0.300. The van der Waals surface area contributed by atoms with Gasteiger partial charge < -0.3 is 20.5 Å². The Morgan fingerprint density at radius 2 is 2.00 bits per heavy atom. The first kappa shape index (κ1) is 17.9. The van der Waals surface area contributed by atoms with Crippen LogP contribution < -0.4 is 15.4 Å². The Balaban J connectivity index is 1.55. The quantitative estimate of drug-likeness (QED) is 0.717. The van der Waals surface area contributed by atoms with Crippen LogP contribution in [-0.2, 0) is 22.4 Å². The molecular formula is C20H22N2O4. The molecule has 0 aromatic heterocycles. The van der Waals surface area contributed by atoms with Crippen LogP contribution in [0.4, 0.5) is 5.69 Å². The van der Waals surface area contributed by atoms with Crippen molar-refractivity contribution in [3.63, 3.8) is 0 Å². The first-order valence-corrected chi connectivity index (χ1v) is 8.69. The molecule has 1 aliphatic heterocycles. The molecular weight excluding hydrogens is 332 g/mol. The van der Waals surface area contributed by atoms with Crippen LogP contribution in [0, 0.1) is 0 Å². The van der Waals surface area contributed by atoms with Crippen molar-refractivity contribution in [2.24, 2.45) is 0 Å². The highest BCUT2D eigenvalue weighted by atomic mass is 16.5. The molecule has 0 saturated heterocycles. The van der Waals surface area contributed by atoms with Crippen molar-refractivity contribution in [1.29, 1.82) is 0 Å². The molecule has 0 bridgehead atoms. The molecule has 1 aliphatic rings. The third kappa shape index (κ3) is 4.03. The highest BCUT2D eigenvalue weighted by Gasteiger charge is 2.19. The molecule has 1 unspecified atom stereocenters. The number of aliphatic hydroxyl groups is 1. The van der Waals surface area contributed by atoms with E-state index in [1.807, 2.05) is 31.2 Å². The Labute approximate surface area is 152 Å². The molecule has 3 N–H and O–H groups in total. The lowest BCUT2D eigenvalue weighted by Gasteiger charge is -2.14. The lowest BCUT2D eigenvalue weighted by molar-refractivity contribution is -0.136. The van der Waals surface area contributed by atoms with Gasteiger partial charge in [-0.25, -0.2) is 0 Å². The van der Waals surface area contributed by atoms with Crippen molar-refractivity contribution < 1.29 is 19.4 Å². The Kier molecular flexibility index (Phi) is 5.53. The molecule has 3 rings (SSSR count). The SMILES string of the molecule is CCc1ccccc1NC(=O)C(=O)NCC(O)c1ccc2c(c1)CCO2. The van der Waals surface area contributed by atoms with Gasteiger partial charge in [0.05, 0.1) is 12.7 Å². The maximum atomic E-state index is 12.1. The second kappa shape index (κ2) is 8.01. The molecule has 0 spiro atoms. The largest absolute Gasteiger partial charge is 0.493 e. The zero-order chi connectivity index (χ0) is 18.5. The number of aryl methyl sites for hydroxylation is 1. The summed E-state index contributed by atoms with van der Waals surface area (Å²) in [4.78, 5) is 24.1. The smallest absolute Gasteiger partial charge is 0.313 e. The minimum Gasteiger partial charge on any atom is -0.493 e. The van der Waals surface area contributed by atoms with E-state index in [1.165, 1.54) is 0 Å². The highest BCUT2D eigenvalue weighted by Crippen LogP contribution is 2.28. The number of aliphatic hydroxyl groups excluding tert-OH is 1. The number of hydrogen-bond acceptors (Lipinski definition) is 4. The van der Waals surface area contributed by atoms with Gasteiger partial charge in [-0.3, -0.25) is 9.59 Å². The Hall–Kier alpha value is -2.86. The summed E-state index contributed by atoms with van der Waals surface area (Å²) >= 11 is 0. The van der Waals surface area contributed by atoms with Crippen molar-refractivity contribution in [3.05, 3.63) is 59.2 Å². The van der Waals surface area contributed by atoms with Crippen LogP contribution in [-0.4, -0.2) is 30.1 Å². The van der Waals surface area contributed by atoms with E-state index in [4.69, 9.17) is 4.74 Å². The van der Waals surface area contributed by atoms with E-state index in [0.29, 0.717) is 17.9 Å². The summed E-state index contributed by atoms with van der Waals surface area (Å²) < 4.78 is 5.43. The number of benzene rings is 2. The monoisotopic (exact) mass is 354 g/mol. The van der Waals surface area contributed by atoms with Gasteiger partial charge in [-0.1, -0.05) is 31.2 Å². The number of ether oxygens (including phenoxy) is 1. The van der Waals surface area contributed by atoms with Gasteiger partial charge in [0.15, 0.2) is 0 Å². The summed E-state index contributed by atoms with van der Waals surface area (Å²) in [7, 11) is 0. The summed E-state index contributed by atoms with van der Waals surface area (Å²) in [5.74, 6) is -0.696. The average Bonchev–Trinajstić information content (AvgIpc) is 3.13. The summed E-state index contributed by atoms with van der Waals surface area (Å²) in [5.41, 5.74) is 3.30. The molecule has 0 radical (unpaired) electrons. The molecule has 2 amide bonds. The molecule has 2 aromatic rings. The van der Waals surface area contributed by atoms with Crippen molar-refractivity contribution in [1.82, 2.24) is 5.32 Å². The first-order valence-electron chi connectivity index (χ1n) is 8.69. The molecule has 6 nitrogen and oxygen atoms in total. The fourth-order valence-electron chi connectivity index (χ4n) is 2.93. The number of carbonyl (C=O) groups excluding carboxylic acids is 2. The fourth-order valence-corrected chi connectivity index (χ4v) is 2.93. The second-order valence-corrected chi connectivity index (χ2v) is 6.16. The molecule has 26 heavy (non-hydrogen) atoms. The number of nitrogens with one attached hydrogen (secondary N) is 2. The number of para-hydroxylation sites is 1. The van der Waals surface area contributed by atoms with Crippen LogP contribution in [0.2, 0.25) is 0 Å². The van der Waals surface area contributed by atoms with Crippen LogP contribution >= 0.6 is 0 Å². The van der Waals surface area contributed by atoms with Crippen molar-refractivity contribution in [2.75, 3.05) is 18.5 Å². The standard InChI is InChI=1S/C20H22N2O4/c1-2-13-5-3-4-6-16(13)22-20(25)19(24)21-12-17(23)14-7-8-18-15(11-14)9-10-26-18/h3-8,11,17,23H,2,9-10,12H2,1H3,(H,21,24)(H,22,25). The predicted octanol–water partition coefficient (Wildman–Crippen LogP) is 1.97. The minimum atomic E-state index is -0.888. The maximum Gasteiger partial charge on any atom is 0.313 e. The van der Waals surface area contributed by atoms with Gasteiger partial charge in [-0.15, -0.1) is 0 Å². The topological polar surface area (TPSA) is 87.7 Å². The number of hydrogen-bond donors (Lipinski definition) is 3.